The first-order valence-corrected chi connectivity index (χ1v) is 5.55. The Balaban J connectivity index is 1.80. The fourth-order valence-electron chi connectivity index (χ4n) is 1.99. The summed E-state index contributed by atoms with van der Waals surface area (Å²) in [6.07, 6.45) is 2.97. The first-order valence-electron chi connectivity index (χ1n) is 5.55. The van der Waals surface area contributed by atoms with Crippen LogP contribution in [-0.4, -0.2) is 38.0 Å². The number of carbonyl (C=O) groups is 2. The number of carbonyl (C=O) groups excluding carboxylic acids is 2. The predicted molar refractivity (Wildman–Crippen MR) is 61.8 cm³/mol. The molecule has 0 saturated carbocycles. The van der Waals surface area contributed by atoms with Gasteiger partial charge in [0, 0.05) is 6.54 Å². The van der Waals surface area contributed by atoms with Crippen molar-refractivity contribution < 1.29 is 9.59 Å². The molecule has 0 atom stereocenters. The summed E-state index contributed by atoms with van der Waals surface area (Å²) in [5, 5.41) is 3.93. The number of hydrogen-bond donors (Lipinski definition) is 0. The Morgan fingerprint density at radius 1 is 1.00 bits per heavy atom. The van der Waals surface area contributed by atoms with E-state index in [0.717, 1.165) is 0 Å². The molecule has 2 amide bonds. The number of imide groups is 1. The summed E-state index contributed by atoms with van der Waals surface area (Å²) >= 11 is 0. The molecule has 0 unspecified atom stereocenters. The third-order valence-corrected chi connectivity index (χ3v) is 2.90. The average molecular weight is 242 g/mol. The molecule has 6 heteroatoms. The first kappa shape index (κ1) is 10.6. The van der Waals surface area contributed by atoms with Crippen LogP contribution in [-0.2, 0) is 6.54 Å². The van der Waals surface area contributed by atoms with Gasteiger partial charge in [-0.15, -0.1) is 0 Å². The summed E-state index contributed by atoms with van der Waals surface area (Å²) in [6.45, 7) is 0.751. The van der Waals surface area contributed by atoms with E-state index in [1.54, 1.807) is 35.3 Å². The van der Waals surface area contributed by atoms with E-state index < -0.39 is 0 Å². The zero-order chi connectivity index (χ0) is 12.5. The predicted octanol–water partition coefficient (Wildman–Crippen LogP) is 0.574. The van der Waals surface area contributed by atoms with Crippen LogP contribution in [0.2, 0.25) is 0 Å². The summed E-state index contributed by atoms with van der Waals surface area (Å²) in [5.41, 5.74) is 0.946. The van der Waals surface area contributed by atoms with E-state index in [9.17, 15) is 9.59 Å². The number of aromatic nitrogens is 3. The van der Waals surface area contributed by atoms with Crippen molar-refractivity contribution in [3.8, 4) is 0 Å². The van der Waals surface area contributed by atoms with E-state index in [0.29, 0.717) is 24.2 Å². The lowest BCUT2D eigenvalue weighted by atomic mass is 10.1. The summed E-state index contributed by atoms with van der Waals surface area (Å²) in [5.74, 6) is -0.480. The average Bonchev–Trinajstić information content (AvgIpc) is 2.98. The molecule has 18 heavy (non-hydrogen) atoms. The topological polar surface area (TPSA) is 68.1 Å². The maximum Gasteiger partial charge on any atom is 0.261 e. The lowest BCUT2D eigenvalue weighted by molar-refractivity contribution is 0.0647. The molecule has 0 spiro atoms. The van der Waals surface area contributed by atoms with Gasteiger partial charge in [-0.25, -0.2) is 4.98 Å². The summed E-state index contributed by atoms with van der Waals surface area (Å²) in [7, 11) is 0. The molecule has 1 aliphatic heterocycles. The molecule has 0 radical (unpaired) electrons. The smallest absolute Gasteiger partial charge is 0.261 e. The Labute approximate surface area is 103 Å². The van der Waals surface area contributed by atoms with Gasteiger partial charge in [0.15, 0.2) is 0 Å². The summed E-state index contributed by atoms with van der Waals surface area (Å²) in [6, 6.07) is 6.85. The molecule has 90 valence electrons. The van der Waals surface area contributed by atoms with Gasteiger partial charge >= 0.3 is 0 Å². The monoisotopic (exact) mass is 242 g/mol. The molecule has 0 saturated heterocycles. The molecule has 0 bridgehead atoms. The van der Waals surface area contributed by atoms with Gasteiger partial charge in [0.1, 0.15) is 12.7 Å². The van der Waals surface area contributed by atoms with Crippen LogP contribution in [0.3, 0.4) is 0 Å². The summed E-state index contributed by atoms with van der Waals surface area (Å²) in [4.78, 5) is 29.1. The summed E-state index contributed by atoms with van der Waals surface area (Å²) < 4.78 is 1.59. The van der Waals surface area contributed by atoms with Crippen molar-refractivity contribution in [2.24, 2.45) is 0 Å². The van der Waals surface area contributed by atoms with Gasteiger partial charge in [-0.05, 0) is 12.1 Å². The molecule has 0 fully saturated rings. The lowest BCUT2D eigenvalue weighted by Crippen LogP contribution is -2.33. The minimum absolute atomic E-state index is 0.240. The van der Waals surface area contributed by atoms with E-state index in [2.05, 4.69) is 10.1 Å². The van der Waals surface area contributed by atoms with Crippen LogP contribution in [0.15, 0.2) is 36.9 Å². The highest BCUT2D eigenvalue weighted by Gasteiger charge is 2.34. The number of nitrogens with zero attached hydrogens (tertiary/aromatic N) is 4. The van der Waals surface area contributed by atoms with E-state index in [-0.39, 0.29) is 11.8 Å². The minimum atomic E-state index is -0.240. The normalized spacial score (nSPS) is 14.1. The Bertz CT molecular complexity index is 571. The second-order valence-electron chi connectivity index (χ2n) is 3.97. The van der Waals surface area contributed by atoms with Crippen molar-refractivity contribution in [2.45, 2.75) is 6.54 Å². The highest BCUT2D eigenvalue weighted by Crippen LogP contribution is 2.21. The van der Waals surface area contributed by atoms with Crippen molar-refractivity contribution in [1.29, 1.82) is 0 Å². The maximum absolute atomic E-state index is 12.0. The Kier molecular flexibility index (Phi) is 2.40. The number of fused-ring (bicyclic) bond motifs is 1. The van der Waals surface area contributed by atoms with E-state index >= 15 is 0 Å². The molecule has 2 aromatic rings. The Morgan fingerprint density at radius 3 is 2.22 bits per heavy atom. The van der Waals surface area contributed by atoms with Gasteiger partial charge in [-0.2, -0.15) is 5.10 Å². The highest BCUT2D eigenvalue weighted by atomic mass is 16.2. The van der Waals surface area contributed by atoms with Crippen molar-refractivity contribution in [2.75, 3.05) is 6.54 Å². The van der Waals surface area contributed by atoms with Gasteiger partial charge in [-0.3, -0.25) is 19.2 Å². The van der Waals surface area contributed by atoms with Crippen LogP contribution >= 0.6 is 0 Å². The SMILES string of the molecule is O=C1c2ccccc2C(=O)N1CCn1cncn1. The third kappa shape index (κ3) is 1.58. The Morgan fingerprint density at radius 2 is 1.67 bits per heavy atom. The van der Waals surface area contributed by atoms with E-state index in [1.165, 1.54) is 11.2 Å². The van der Waals surface area contributed by atoms with Gasteiger partial charge < -0.3 is 0 Å². The van der Waals surface area contributed by atoms with Crippen LogP contribution in [0.1, 0.15) is 20.7 Å². The van der Waals surface area contributed by atoms with Crippen molar-refractivity contribution >= 4 is 11.8 Å². The third-order valence-electron chi connectivity index (χ3n) is 2.90. The molecule has 3 rings (SSSR count). The number of hydrogen-bond acceptors (Lipinski definition) is 4. The van der Waals surface area contributed by atoms with Gasteiger partial charge in [0.2, 0.25) is 0 Å². The zero-order valence-corrected chi connectivity index (χ0v) is 9.48. The first-order chi connectivity index (χ1) is 8.77. The van der Waals surface area contributed by atoms with E-state index in [4.69, 9.17) is 0 Å². The van der Waals surface area contributed by atoms with Crippen LogP contribution in [0.4, 0.5) is 0 Å². The largest absolute Gasteiger partial charge is 0.272 e. The number of amides is 2. The van der Waals surface area contributed by atoms with Gasteiger partial charge in [0.25, 0.3) is 11.8 Å². The van der Waals surface area contributed by atoms with Crippen molar-refractivity contribution in [3.63, 3.8) is 0 Å². The standard InChI is InChI=1S/C12H10N4O2/c17-11-9-3-1-2-4-10(9)12(18)16(11)6-5-15-8-13-7-14-15/h1-4,7-8H,5-6H2. The van der Waals surface area contributed by atoms with Crippen molar-refractivity contribution in [1.82, 2.24) is 19.7 Å². The number of rotatable bonds is 3. The van der Waals surface area contributed by atoms with Crippen molar-refractivity contribution in [3.05, 3.63) is 48.0 Å². The maximum atomic E-state index is 12.0. The number of benzene rings is 1. The quantitative estimate of drug-likeness (QED) is 0.738. The minimum Gasteiger partial charge on any atom is -0.272 e. The van der Waals surface area contributed by atoms with Gasteiger partial charge in [-0.1, -0.05) is 12.1 Å². The fourth-order valence-corrected chi connectivity index (χ4v) is 1.99. The lowest BCUT2D eigenvalue weighted by Gasteiger charge is -2.13. The Hall–Kier alpha value is -2.50. The van der Waals surface area contributed by atoms with Crippen LogP contribution in [0.25, 0.3) is 0 Å². The second kappa shape index (κ2) is 4.06. The molecule has 0 N–H and O–H groups in total. The molecule has 0 aliphatic carbocycles. The molecule has 1 aromatic heterocycles. The highest BCUT2D eigenvalue weighted by molar-refractivity contribution is 6.21. The van der Waals surface area contributed by atoms with E-state index in [1.807, 2.05) is 0 Å². The fraction of sp³-hybridized carbons (Fsp3) is 0.167. The molecule has 1 aliphatic rings. The molecule has 2 heterocycles. The van der Waals surface area contributed by atoms with Gasteiger partial charge in [0.05, 0.1) is 17.7 Å². The molecular weight excluding hydrogens is 232 g/mol. The van der Waals surface area contributed by atoms with Crippen LogP contribution in [0.5, 0.6) is 0 Å². The van der Waals surface area contributed by atoms with Crippen LogP contribution in [0, 0.1) is 0 Å². The molecule has 1 aromatic carbocycles. The zero-order valence-electron chi connectivity index (χ0n) is 9.48. The molecular formula is C12H10N4O2. The molecule has 6 nitrogen and oxygen atoms in total. The second-order valence-corrected chi connectivity index (χ2v) is 3.97. The van der Waals surface area contributed by atoms with Crippen LogP contribution < -0.4 is 0 Å².